The minimum absolute atomic E-state index is 0.327. The standard InChI is InChI=1S/C15H24O/c1-10-4-6-13-11(2)5-7-14(12(3)9-16)15(13)8-10/h5,8,12-16H,4,6-7,9H2,1-3H3. The van der Waals surface area contributed by atoms with Crippen LogP contribution >= 0.6 is 0 Å². The quantitative estimate of drug-likeness (QED) is 0.706. The lowest BCUT2D eigenvalue weighted by atomic mass is 9.64. The largest absolute Gasteiger partial charge is 0.396 e. The second-order valence-electron chi connectivity index (χ2n) is 5.74. The van der Waals surface area contributed by atoms with Crippen molar-refractivity contribution in [2.45, 2.75) is 40.0 Å². The summed E-state index contributed by atoms with van der Waals surface area (Å²) in [5.41, 5.74) is 3.13. The van der Waals surface area contributed by atoms with Crippen LogP contribution in [-0.2, 0) is 0 Å². The summed E-state index contributed by atoms with van der Waals surface area (Å²) in [6.45, 7) is 7.05. The molecule has 1 N–H and O–H groups in total. The summed E-state index contributed by atoms with van der Waals surface area (Å²) in [7, 11) is 0. The van der Waals surface area contributed by atoms with Gasteiger partial charge in [-0.1, -0.05) is 30.2 Å². The Morgan fingerprint density at radius 3 is 2.88 bits per heavy atom. The number of allylic oxidation sites excluding steroid dienone is 4. The number of aliphatic hydroxyl groups is 1. The van der Waals surface area contributed by atoms with Crippen LogP contribution < -0.4 is 0 Å². The Hall–Kier alpha value is -0.560. The summed E-state index contributed by atoms with van der Waals surface area (Å²) in [5.74, 6) is 2.50. The van der Waals surface area contributed by atoms with Gasteiger partial charge in [0.1, 0.15) is 0 Å². The SMILES string of the molecule is CC1=CC2C(CC1)C(C)=CCC2C(C)CO. The number of rotatable bonds is 2. The maximum Gasteiger partial charge on any atom is 0.0459 e. The van der Waals surface area contributed by atoms with E-state index in [0.717, 1.165) is 12.3 Å². The fourth-order valence-corrected chi connectivity index (χ4v) is 3.43. The van der Waals surface area contributed by atoms with Gasteiger partial charge >= 0.3 is 0 Å². The molecule has 0 bridgehead atoms. The molecule has 16 heavy (non-hydrogen) atoms. The maximum atomic E-state index is 9.37. The summed E-state index contributed by atoms with van der Waals surface area (Å²) < 4.78 is 0. The van der Waals surface area contributed by atoms with E-state index in [9.17, 15) is 5.11 Å². The molecule has 4 unspecified atom stereocenters. The maximum absolute atomic E-state index is 9.37. The number of hydrogen-bond acceptors (Lipinski definition) is 1. The molecule has 0 fully saturated rings. The first-order chi connectivity index (χ1) is 7.63. The van der Waals surface area contributed by atoms with Gasteiger partial charge in [-0.3, -0.25) is 0 Å². The topological polar surface area (TPSA) is 20.2 Å². The molecule has 0 radical (unpaired) electrons. The first-order valence-electron chi connectivity index (χ1n) is 6.58. The Kier molecular flexibility index (Phi) is 3.53. The predicted octanol–water partition coefficient (Wildman–Crippen LogP) is 3.55. The summed E-state index contributed by atoms with van der Waals surface area (Å²) in [6, 6.07) is 0. The van der Waals surface area contributed by atoms with Crippen LogP contribution in [0, 0.1) is 23.7 Å². The Labute approximate surface area is 99.3 Å². The van der Waals surface area contributed by atoms with Crippen molar-refractivity contribution in [3.63, 3.8) is 0 Å². The second-order valence-corrected chi connectivity index (χ2v) is 5.74. The molecule has 1 nitrogen and oxygen atoms in total. The zero-order valence-electron chi connectivity index (χ0n) is 10.7. The molecule has 2 rings (SSSR count). The molecular formula is C15H24O. The normalized spacial score (nSPS) is 36.1. The third-order valence-electron chi connectivity index (χ3n) is 4.60. The molecule has 0 aromatic rings. The van der Waals surface area contributed by atoms with Gasteiger partial charge in [0.2, 0.25) is 0 Å². The molecule has 0 saturated heterocycles. The highest BCUT2D eigenvalue weighted by molar-refractivity contribution is 5.21. The van der Waals surface area contributed by atoms with E-state index in [-0.39, 0.29) is 0 Å². The van der Waals surface area contributed by atoms with Crippen LogP contribution in [0.25, 0.3) is 0 Å². The van der Waals surface area contributed by atoms with Crippen LogP contribution in [0.3, 0.4) is 0 Å². The van der Waals surface area contributed by atoms with Crippen molar-refractivity contribution in [3.8, 4) is 0 Å². The Bertz CT molecular complexity index is 313. The van der Waals surface area contributed by atoms with Crippen LogP contribution in [0.15, 0.2) is 23.3 Å². The Morgan fingerprint density at radius 2 is 2.19 bits per heavy atom. The van der Waals surface area contributed by atoms with E-state index in [2.05, 4.69) is 32.9 Å². The summed E-state index contributed by atoms with van der Waals surface area (Å²) in [5, 5.41) is 9.37. The van der Waals surface area contributed by atoms with Gasteiger partial charge in [0, 0.05) is 6.61 Å². The van der Waals surface area contributed by atoms with Gasteiger partial charge in [-0.25, -0.2) is 0 Å². The van der Waals surface area contributed by atoms with Crippen LogP contribution in [0.1, 0.15) is 40.0 Å². The molecule has 4 atom stereocenters. The molecule has 0 heterocycles. The highest BCUT2D eigenvalue weighted by Crippen LogP contribution is 2.45. The van der Waals surface area contributed by atoms with Crippen LogP contribution in [0.4, 0.5) is 0 Å². The van der Waals surface area contributed by atoms with E-state index < -0.39 is 0 Å². The number of fused-ring (bicyclic) bond motifs is 1. The lowest BCUT2D eigenvalue weighted by Crippen LogP contribution is -2.33. The lowest BCUT2D eigenvalue weighted by Gasteiger charge is -2.41. The van der Waals surface area contributed by atoms with Gasteiger partial charge in [-0.05, 0) is 56.8 Å². The molecule has 90 valence electrons. The Morgan fingerprint density at radius 1 is 1.44 bits per heavy atom. The Balaban J connectivity index is 2.25. The fraction of sp³-hybridized carbons (Fsp3) is 0.733. The minimum atomic E-state index is 0.327. The molecular weight excluding hydrogens is 196 g/mol. The highest BCUT2D eigenvalue weighted by atomic mass is 16.3. The summed E-state index contributed by atoms with van der Waals surface area (Å²) >= 11 is 0. The highest BCUT2D eigenvalue weighted by Gasteiger charge is 2.36. The molecule has 0 aromatic carbocycles. The zero-order valence-corrected chi connectivity index (χ0v) is 10.7. The van der Waals surface area contributed by atoms with Crippen molar-refractivity contribution >= 4 is 0 Å². The zero-order chi connectivity index (χ0) is 11.7. The van der Waals surface area contributed by atoms with Crippen molar-refractivity contribution < 1.29 is 5.11 Å². The van der Waals surface area contributed by atoms with Crippen LogP contribution in [0.2, 0.25) is 0 Å². The lowest BCUT2D eigenvalue weighted by molar-refractivity contribution is 0.133. The van der Waals surface area contributed by atoms with Gasteiger partial charge in [-0.2, -0.15) is 0 Å². The molecule has 2 aliphatic rings. The second kappa shape index (κ2) is 4.75. The molecule has 0 amide bonds. The van der Waals surface area contributed by atoms with Crippen molar-refractivity contribution in [3.05, 3.63) is 23.3 Å². The van der Waals surface area contributed by atoms with Crippen molar-refractivity contribution in [2.24, 2.45) is 23.7 Å². The number of aliphatic hydroxyl groups excluding tert-OH is 1. The number of hydrogen-bond donors (Lipinski definition) is 1. The average Bonchev–Trinajstić information content (AvgIpc) is 2.28. The van der Waals surface area contributed by atoms with Gasteiger partial charge in [0.15, 0.2) is 0 Å². The monoisotopic (exact) mass is 220 g/mol. The van der Waals surface area contributed by atoms with Crippen molar-refractivity contribution in [2.75, 3.05) is 6.61 Å². The average molecular weight is 220 g/mol. The van der Waals surface area contributed by atoms with E-state index in [1.54, 1.807) is 11.1 Å². The molecule has 0 aliphatic heterocycles. The third kappa shape index (κ3) is 2.10. The van der Waals surface area contributed by atoms with E-state index >= 15 is 0 Å². The molecule has 0 saturated carbocycles. The van der Waals surface area contributed by atoms with Crippen molar-refractivity contribution in [1.29, 1.82) is 0 Å². The van der Waals surface area contributed by atoms with Crippen molar-refractivity contribution in [1.82, 2.24) is 0 Å². The minimum Gasteiger partial charge on any atom is -0.396 e. The van der Waals surface area contributed by atoms with E-state index in [1.807, 2.05) is 0 Å². The van der Waals surface area contributed by atoms with E-state index in [1.165, 1.54) is 12.8 Å². The molecule has 0 aromatic heterocycles. The van der Waals surface area contributed by atoms with Crippen LogP contribution in [-0.4, -0.2) is 11.7 Å². The van der Waals surface area contributed by atoms with E-state index in [4.69, 9.17) is 0 Å². The summed E-state index contributed by atoms with van der Waals surface area (Å²) in [4.78, 5) is 0. The van der Waals surface area contributed by atoms with Gasteiger partial charge in [-0.15, -0.1) is 0 Å². The molecule has 2 aliphatic carbocycles. The smallest absolute Gasteiger partial charge is 0.0459 e. The predicted molar refractivity (Wildman–Crippen MR) is 68.1 cm³/mol. The third-order valence-corrected chi connectivity index (χ3v) is 4.60. The van der Waals surface area contributed by atoms with E-state index in [0.29, 0.717) is 24.4 Å². The van der Waals surface area contributed by atoms with Gasteiger partial charge in [0.05, 0.1) is 0 Å². The molecule has 0 spiro atoms. The first kappa shape index (κ1) is 11.9. The summed E-state index contributed by atoms with van der Waals surface area (Å²) in [6.07, 6.45) is 8.61. The fourth-order valence-electron chi connectivity index (χ4n) is 3.43. The van der Waals surface area contributed by atoms with Crippen LogP contribution in [0.5, 0.6) is 0 Å². The van der Waals surface area contributed by atoms with Gasteiger partial charge < -0.3 is 5.11 Å². The molecule has 1 heteroatoms. The first-order valence-corrected chi connectivity index (χ1v) is 6.58. The van der Waals surface area contributed by atoms with Gasteiger partial charge in [0.25, 0.3) is 0 Å².